The molecule has 9 heteroatoms. The molecule has 26 heavy (non-hydrogen) atoms. The summed E-state index contributed by atoms with van der Waals surface area (Å²) in [5.41, 5.74) is 0.575. The highest BCUT2D eigenvalue weighted by Gasteiger charge is 2.15. The first-order chi connectivity index (χ1) is 12.4. The van der Waals surface area contributed by atoms with E-state index in [0.29, 0.717) is 15.9 Å². The Bertz CT molecular complexity index is 826. The fraction of sp³-hybridized carbons (Fsp3) is 0.118. The van der Waals surface area contributed by atoms with Crippen molar-refractivity contribution < 1.29 is 23.9 Å². The molecule has 0 spiro atoms. The number of hydrogen-bond acceptors (Lipinski definition) is 5. The Morgan fingerprint density at radius 2 is 1.81 bits per heavy atom. The molecule has 2 N–H and O–H groups in total. The summed E-state index contributed by atoms with van der Waals surface area (Å²) in [5, 5.41) is 4.71. The van der Waals surface area contributed by atoms with Gasteiger partial charge < -0.3 is 14.8 Å². The van der Waals surface area contributed by atoms with Crippen molar-refractivity contribution >= 4 is 51.1 Å². The number of methoxy groups -OCH3 is 1. The van der Waals surface area contributed by atoms with Gasteiger partial charge in [-0.3, -0.25) is 10.1 Å². The average molecular weight is 442 g/mol. The van der Waals surface area contributed by atoms with Crippen molar-refractivity contribution in [3.05, 3.63) is 57.5 Å². The zero-order chi connectivity index (χ0) is 19.1. The Kier molecular flexibility index (Phi) is 6.99. The van der Waals surface area contributed by atoms with Crippen molar-refractivity contribution in [1.29, 1.82) is 0 Å². The molecule has 0 fully saturated rings. The largest absolute Gasteiger partial charge is 0.497 e. The van der Waals surface area contributed by atoms with Crippen LogP contribution in [0.2, 0.25) is 5.02 Å². The quantitative estimate of drug-likeness (QED) is 0.691. The summed E-state index contributed by atoms with van der Waals surface area (Å²) in [5.74, 6) is -0.928. The normalized spacial score (nSPS) is 9.96. The Morgan fingerprint density at radius 3 is 2.46 bits per heavy atom. The highest BCUT2D eigenvalue weighted by molar-refractivity contribution is 9.10. The predicted octanol–water partition coefficient (Wildman–Crippen LogP) is 3.62. The van der Waals surface area contributed by atoms with E-state index in [1.54, 1.807) is 30.3 Å². The number of esters is 1. The van der Waals surface area contributed by atoms with Crippen LogP contribution in [-0.2, 0) is 9.53 Å². The van der Waals surface area contributed by atoms with Gasteiger partial charge in [0.2, 0.25) is 0 Å². The number of urea groups is 1. The second kappa shape index (κ2) is 9.21. The number of anilines is 1. The smallest absolute Gasteiger partial charge is 0.340 e. The Hall–Kier alpha value is -2.58. The maximum absolute atomic E-state index is 11.9. The lowest BCUT2D eigenvalue weighted by atomic mass is 10.2. The van der Waals surface area contributed by atoms with E-state index in [-0.39, 0.29) is 10.6 Å². The van der Waals surface area contributed by atoms with Crippen molar-refractivity contribution in [1.82, 2.24) is 5.32 Å². The van der Waals surface area contributed by atoms with Gasteiger partial charge in [-0.1, -0.05) is 27.5 Å². The van der Waals surface area contributed by atoms with Crippen LogP contribution in [0.1, 0.15) is 10.4 Å². The fourth-order valence-electron chi connectivity index (χ4n) is 1.86. The molecule has 136 valence electrons. The van der Waals surface area contributed by atoms with Crippen LogP contribution in [0, 0.1) is 0 Å². The van der Waals surface area contributed by atoms with Gasteiger partial charge >= 0.3 is 12.0 Å². The minimum Gasteiger partial charge on any atom is -0.497 e. The molecule has 0 aliphatic rings. The van der Waals surface area contributed by atoms with Gasteiger partial charge in [-0.05, 0) is 42.5 Å². The zero-order valence-corrected chi connectivity index (χ0v) is 15.9. The van der Waals surface area contributed by atoms with E-state index >= 15 is 0 Å². The van der Waals surface area contributed by atoms with Gasteiger partial charge in [0.15, 0.2) is 6.61 Å². The third-order valence-corrected chi connectivity index (χ3v) is 3.91. The molecule has 7 nitrogen and oxygen atoms in total. The molecule has 0 unspecified atom stereocenters. The van der Waals surface area contributed by atoms with E-state index in [4.69, 9.17) is 21.1 Å². The van der Waals surface area contributed by atoms with Crippen molar-refractivity contribution in [2.24, 2.45) is 0 Å². The first kappa shape index (κ1) is 19.7. The van der Waals surface area contributed by atoms with Crippen LogP contribution in [0.15, 0.2) is 46.9 Å². The minimum absolute atomic E-state index is 0.108. The number of hydrogen-bond donors (Lipinski definition) is 2. The number of rotatable bonds is 5. The number of halogens is 2. The Morgan fingerprint density at radius 1 is 1.12 bits per heavy atom. The van der Waals surface area contributed by atoms with Crippen molar-refractivity contribution in [3.63, 3.8) is 0 Å². The summed E-state index contributed by atoms with van der Waals surface area (Å²) in [7, 11) is 1.52. The molecular formula is C17H14BrClN2O5. The van der Waals surface area contributed by atoms with Gasteiger partial charge in [0, 0.05) is 10.2 Å². The number of carbonyl (C=O) groups is 3. The molecule has 0 aliphatic heterocycles. The molecule has 0 aliphatic carbocycles. The summed E-state index contributed by atoms with van der Waals surface area (Å²) >= 11 is 9.12. The summed E-state index contributed by atoms with van der Waals surface area (Å²) in [4.78, 5) is 35.4. The second-order valence-electron chi connectivity index (χ2n) is 4.93. The number of benzene rings is 2. The van der Waals surface area contributed by atoms with E-state index in [1.807, 2.05) is 0 Å². The molecule has 0 atom stereocenters. The fourth-order valence-corrected chi connectivity index (χ4v) is 2.42. The van der Waals surface area contributed by atoms with E-state index in [0.717, 1.165) is 0 Å². The molecule has 0 saturated carbocycles. The number of amides is 3. The summed E-state index contributed by atoms with van der Waals surface area (Å²) in [6, 6.07) is 10.4. The van der Waals surface area contributed by atoms with Crippen LogP contribution in [-0.4, -0.2) is 31.6 Å². The first-order valence-corrected chi connectivity index (χ1v) is 8.43. The van der Waals surface area contributed by atoms with Crippen molar-refractivity contribution in [3.8, 4) is 5.75 Å². The molecule has 2 aromatic rings. The van der Waals surface area contributed by atoms with Crippen LogP contribution in [0.4, 0.5) is 10.5 Å². The summed E-state index contributed by atoms with van der Waals surface area (Å²) in [6.45, 7) is -0.627. The van der Waals surface area contributed by atoms with Crippen LogP contribution in [0.5, 0.6) is 5.75 Å². The molecular weight excluding hydrogens is 428 g/mol. The zero-order valence-electron chi connectivity index (χ0n) is 13.5. The lowest BCUT2D eigenvalue weighted by molar-refractivity contribution is -0.123. The van der Waals surface area contributed by atoms with Crippen LogP contribution >= 0.6 is 27.5 Å². The average Bonchev–Trinajstić information content (AvgIpc) is 2.62. The van der Waals surface area contributed by atoms with Crippen LogP contribution < -0.4 is 15.4 Å². The molecule has 0 heterocycles. The number of nitrogens with one attached hydrogen (secondary N) is 2. The van der Waals surface area contributed by atoms with Crippen molar-refractivity contribution in [2.75, 3.05) is 19.0 Å². The SMILES string of the molecule is COc1ccc(NC(=O)NC(=O)COC(=O)c2cc(Br)ccc2Cl)cc1. The van der Waals surface area contributed by atoms with E-state index in [2.05, 4.69) is 26.6 Å². The molecule has 2 aromatic carbocycles. The topological polar surface area (TPSA) is 93.7 Å². The Labute approximate surface area is 162 Å². The number of ether oxygens (including phenoxy) is 2. The monoisotopic (exact) mass is 440 g/mol. The lowest BCUT2D eigenvalue weighted by Crippen LogP contribution is -2.37. The third kappa shape index (κ3) is 5.75. The molecule has 3 amide bonds. The molecule has 0 aromatic heterocycles. The third-order valence-electron chi connectivity index (χ3n) is 3.08. The van der Waals surface area contributed by atoms with Gasteiger partial charge in [0.25, 0.3) is 5.91 Å². The number of imide groups is 1. The number of carbonyl (C=O) groups excluding carboxylic acids is 3. The molecule has 0 bridgehead atoms. The van der Waals surface area contributed by atoms with Gasteiger partial charge in [0.1, 0.15) is 5.75 Å². The van der Waals surface area contributed by atoms with Crippen molar-refractivity contribution in [2.45, 2.75) is 0 Å². The van der Waals surface area contributed by atoms with Crippen LogP contribution in [0.3, 0.4) is 0 Å². The highest BCUT2D eigenvalue weighted by atomic mass is 79.9. The van der Waals surface area contributed by atoms with Gasteiger partial charge in [-0.2, -0.15) is 0 Å². The molecule has 0 saturated heterocycles. The maximum atomic E-state index is 11.9. The molecule has 0 radical (unpaired) electrons. The van der Waals surface area contributed by atoms with E-state index < -0.39 is 24.5 Å². The summed E-state index contributed by atoms with van der Waals surface area (Å²) in [6.07, 6.45) is 0. The summed E-state index contributed by atoms with van der Waals surface area (Å²) < 4.78 is 10.5. The first-order valence-electron chi connectivity index (χ1n) is 7.26. The van der Waals surface area contributed by atoms with Gasteiger partial charge in [0.05, 0.1) is 17.7 Å². The predicted molar refractivity (Wildman–Crippen MR) is 99.6 cm³/mol. The van der Waals surface area contributed by atoms with Gasteiger partial charge in [-0.15, -0.1) is 0 Å². The Balaban J connectivity index is 1.83. The van der Waals surface area contributed by atoms with Crippen LogP contribution in [0.25, 0.3) is 0 Å². The van der Waals surface area contributed by atoms with Gasteiger partial charge in [-0.25, -0.2) is 9.59 Å². The highest BCUT2D eigenvalue weighted by Crippen LogP contribution is 2.21. The molecule has 2 rings (SSSR count). The van der Waals surface area contributed by atoms with E-state index in [1.165, 1.54) is 19.2 Å². The standard InChI is InChI=1S/C17H14BrClN2O5/c1-25-12-5-3-11(4-6-12)20-17(24)21-15(22)9-26-16(23)13-8-10(18)2-7-14(13)19/h2-8H,9H2,1H3,(H2,20,21,22,24). The van der Waals surface area contributed by atoms with E-state index in [9.17, 15) is 14.4 Å². The minimum atomic E-state index is -0.782. The maximum Gasteiger partial charge on any atom is 0.340 e. The second-order valence-corrected chi connectivity index (χ2v) is 6.25. The lowest BCUT2D eigenvalue weighted by Gasteiger charge is -2.09.